The molecule has 0 radical (unpaired) electrons. The summed E-state index contributed by atoms with van der Waals surface area (Å²) in [6.07, 6.45) is 5.87. The average Bonchev–Trinajstić information content (AvgIpc) is 2.14. The molecule has 0 bridgehead atoms. The summed E-state index contributed by atoms with van der Waals surface area (Å²) in [6, 6.07) is 0. The molecule has 1 unspecified atom stereocenters. The minimum absolute atomic E-state index is 0.199. The second-order valence-corrected chi connectivity index (χ2v) is 2.20. The van der Waals surface area contributed by atoms with Crippen LogP contribution in [0.15, 0.2) is 24.8 Å². The van der Waals surface area contributed by atoms with Gasteiger partial charge in [0, 0.05) is 14.2 Å². The van der Waals surface area contributed by atoms with Gasteiger partial charge in [-0.05, 0) is 13.8 Å². The predicted octanol–water partition coefficient (Wildman–Crippen LogP) is 2.42. The fourth-order valence-corrected chi connectivity index (χ4v) is 0.289. The van der Waals surface area contributed by atoms with Crippen LogP contribution >= 0.6 is 0 Å². The Morgan fingerprint density at radius 1 is 1.42 bits per heavy atom. The van der Waals surface area contributed by atoms with E-state index in [2.05, 4.69) is 6.58 Å². The van der Waals surface area contributed by atoms with Gasteiger partial charge in [-0.15, -0.1) is 6.58 Å². The van der Waals surface area contributed by atoms with E-state index in [9.17, 15) is 0 Å². The molecule has 0 aromatic carbocycles. The molecule has 0 aromatic rings. The maximum atomic E-state index is 4.78. The first-order valence-corrected chi connectivity index (χ1v) is 3.98. The van der Waals surface area contributed by atoms with Gasteiger partial charge in [-0.25, -0.2) is 0 Å². The zero-order chi connectivity index (χ0) is 9.82. The largest absolute Gasteiger partial charge is 0.381 e. The number of rotatable bonds is 4. The van der Waals surface area contributed by atoms with Crippen LogP contribution in [0.3, 0.4) is 0 Å². The second-order valence-electron chi connectivity index (χ2n) is 2.20. The van der Waals surface area contributed by atoms with E-state index in [0.29, 0.717) is 0 Å². The Kier molecular flexibility index (Phi) is 15.1. The number of hydrogen-bond acceptors (Lipinski definition) is 2. The van der Waals surface area contributed by atoms with Crippen molar-refractivity contribution in [2.45, 2.75) is 20.0 Å². The average molecular weight is 172 g/mol. The predicted molar refractivity (Wildman–Crippen MR) is 53.4 cm³/mol. The molecule has 0 saturated heterocycles. The lowest BCUT2D eigenvalue weighted by Crippen LogP contribution is -1.96. The van der Waals surface area contributed by atoms with Gasteiger partial charge < -0.3 is 9.47 Å². The van der Waals surface area contributed by atoms with Crippen molar-refractivity contribution in [3.05, 3.63) is 24.8 Å². The van der Waals surface area contributed by atoms with Crippen LogP contribution in [-0.2, 0) is 9.47 Å². The fourth-order valence-electron chi connectivity index (χ4n) is 0.289. The summed E-state index contributed by atoms with van der Waals surface area (Å²) < 4.78 is 9.48. The monoisotopic (exact) mass is 172 g/mol. The summed E-state index contributed by atoms with van der Waals surface area (Å²) in [4.78, 5) is 0. The molecule has 0 aliphatic rings. The van der Waals surface area contributed by atoms with Crippen molar-refractivity contribution in [2.24, 2.45) is 0 Å². The number of allylic oxidation sites excluding steroid dienone is 1. The van der Waals surface area contributed by atoms with E-state index in [0.717, 1.165) is 6.61 Å². The molecule has 2 nitrogen and oxygen atoms in total. The van der Waals surface area contributed by atoms with Crippen molar-refractivity contribution < 1.29 is 9.47 Å². The first-order valence-electron chi connectivity index (χ1n) is 3.98. The van der Waals surface area contributed by atoms with Crippen LogP contribution in [-0.4, -0.2) is 26.9 Å². The number of ether oxygens (including phenoxy) is 2. The minimum Gasteiger partial charge on any atom is -0.381 e. The van der Waals surface area contributed by atoms with E-state index < -0.39 is 0 Å². The molecule has 2 heteroatoms. The summed E-state index contributed by atoms with van der Waals surface area (Å²) in [5.41, 5.74) is 0. The molecular formula is C10H20O2. The van der Waals surface area contributed by atoms with E-state index in [1.54, 1.807) is 20.3 Å². The molecule has 0 aliphatic heterocycles. The summed E-state index contributed by atoms with van der Waals surface area (Å²) in [5.74, 6) is 0. The van der Waals surface area contributed by atoms with Crippen molar-refractivity contribution in [1.82, 2.24) is 0 Å². The Morgan fingerprint density at radius 3 is 2.08 bits per heavy atom. The Balaban J connectivity index is 0. The second kappa shape index (κ2) is 13.0. The molecule has 0 aromatic heterocycles. The van der Waals surface area contributed by atoms with Crippen LogP contribution in [0, 0.1) is 0 Å². The Hall–Kier alpha value is -0.600. The smallest absolute Gasteiger partial charge is 0.0721 e. The van der Waals surface area contributed by atoms with Gasteiger partial charge in [-0.3, -0.25) is 0 Å². The van der Waals surface area contributed by atoms with Crippen LogP contribution < -0.4 is 0 Å². The van der Waals surface area contributed by atoms with Gasteiger partial charge in [0.2, 0.25) is 0 Å². The molecule has 12 heavy (non-hydrogen) atoms. The van der Waals surface area contributed by atoms with Crippen LogP contribution in [0.25, 0.3) is 0 Å². The molecule has 0 saturated carbocycles. The highest BCUT2D eigenvalue weighted by atomic mass is 16.5. The summed E-state index contributed by atoms with van der Waals surface area (Å²) >= 11 is 0. The lowest BCUT2D eigenvalue weighted by molar-refractivity contribution is 0.156. The Morgan fingerprint density at radius 2 is 2.00 bits per heavy atom. The summed E-state index contributed by atoms with van der Waals surface area (Å²) in [7, 11) is 3.34. The Labute approximate surface area is 75.9 Å². The normalized spacial score (nSPS) is 12.0. The molecule has 0 aliphatic carbocycles. The number of methoxy groups -OCH3 is 2. The third-order valence-electron chi connectivity index (χ3n) is 1.20. The molecule has 0 fully saturated rings. The standard InChI is InChI=1S/2C5H10O/c1-4-5(2)6-3;1-3-4-5-6-2/h4-5H,1H2,2-3H3;3-4H,5H2,1-2H3. The van der Waals surface area contributed by atoms with E-state index in [1.165, 1.54) is 0 Å². The third-order valence-corrected chi connectivity index (χ3v) is 1.20. The SMILES string of the molecule is C=CC(C)OC.CC=CCOC. The zero-order valence-electron chi connectivity index (χ0n) is 8.54. The fraction of sp³-hybridized carbons (Fsp3) is 0.600. The van der Waals surface area contributed by atoms with Gasteiger partial charge in [-0.1, -0.05) is 18.2 Å². The highest BCUT2D eigenvalue weighted by Gasteiger charge is 1.83. The highest BCUT2D eigenvalue weighted by molar-refractivity contribution is 4.75. The maximum Gasteiger partial charge on any atom is 0.0721 e. The van der Waals surface area contributed by atoms with Crippen molar-refractivity contribution in [2.75, 3.05) is 20.8 Å². The zero-order valence-corrected chi connectivity index (χ0v) is 8.54. The minimum atomic E-state index is 0.199. The van der Waals surface area contributed by atoms with Crippen molar-refractivity contribution in [1.29, 1.82) is 0 Å². The van der Waals surface area contributed by atoms with Gasteiger partial charge in [0.05, 0.1) is 12.7 Å². The highest BCUT2D eigenvalue weighted by Crippen LogP contribution is 1.83. The molecule has 72 valence electrons. The third kappa shape index (κ3) is 16.2. The lowest BCUT2D eigenvalue weighted by Gasteiger charge is -1.97. The van der Waals surface area contributed by atoms with E-state index in [-0.39, 0.29) is 6.10 Å². The van der Waals surface area contributed by atoms with Crippen molar-refractivity contribution in [3.8, 4) is 0 Å². The van der Waals surface area contributed by atoms with Crippen LogP contribution in [0.4, 0.5) is 0 Å². The maximum absolute atomic E-state index is 4.78. The van der Waals surface area contributed by atoms with Gasteiger partial charge >= 0.3 is 0 Å². The van der Waals surface area contributed by atoms with Gasteiger partial charge in [-0.2, -0.15) is 0 Å². The molecule has 0 rings (SSSR count). The molecule has 0 amide bonds. The van der Waals surface area contributed by atoms with E-state index in [4.69, 9.17) is 9.47 Å². The Bertz CT molecular complexity index is 108. The lowest BCUT2D eigenvalue weighted by atomic mass is 10.4. The first kappa shape index (κ1) is 14.0. The molecular weight excluding hydrogens is 152 g/mol. The quantitative estimate of drug-likeness (QED) is 0.606. The molecule has 1 atom stereocenters. The molecule has 0 spiro atoms. The number of hydrogen-bond donors (Lipinski definition) is 0. The van der Waals surface area contributed by atoms with Gasteiger partial charge in [0.15, 0.2) is 0 Å². The summed E-state index contributed by atoms with van der Waals surface area (Å²) in [6.45, 7) is 8.15. The first-order chi connectivity index (χ1) is 5.72. The van der Waals surface area contributed by atoms with E-state index in [1.807, 2.05) is 26.0 Å². The summed E-state index contributed by atoms with van der Waals surface area (Å²) in [5, 5.41) is 0. The topological polar surface area (TPSA) is 18.5 Å². The van der Waals surface area contributed by atoms with Crippen LogP contribution in [0.5, 0.6) is 0 Å². The van der Waals surface area contributed by atoms with Crippen molar-refractivity contribution in [3.63, 3.8) is 0 Å². The van der Waals surface area contributed by atoms with Gasteiger partial charge in [0.25, 0.3) is 0 Å². The van der Waals surface area contributed by atoms with Crippen molar-refractivity contribution >= 4 is 0 Å². The van der Waals surface area contributed by atoms with E-state index >= 15 is 0 Å². The van der Waals surface area contributed by atoms with Gasteiger partial charge in [0.1, 0.15) is 0 Å². The molecule has 0 heterocycles. The van der Waals surface area contributed by atoms with Crippen LogP contribution in [0.1, 0.15) is 13.8 Å². The molecule has 0 N–H and O–H groups in total. The van der Waals surface area contributed by atoms with Crippen LogP contribution in [0.2, 0.25) is 0 Å².